The number of aromatic amines is 1. The van der Waals surface area contributed by atoms with Crippen molar-refractivity contribution >= 4 is 40.1 Å². The first kappa shape index (κ1) is 13.8. The molecule has 0 bridgehead atoms. The van der Waals surface area contributed by atoms with Crippen molar-refractivity contribution in [2.75, 3.05) is 0 Å². The van der Waals surface area contributed by atoms with Gasteiger partial charge in [-0.2, -0.15) is 0 Å². The number of aryl methyl sites for hydroxylation is 1. The van der Waals surface area contributed by atoms with E-state index >= 15 is 0 Å². The van der Waals surface area contributed by atoms with Gasteiger partial charge in [0, 0.05) is 0 Å². The van der Waals surface area contributed by atoms with E-state index in [1.165, 1.54) is 0 Å². The van der Waals surface area contributed by atoms with E-state index in [4.69, 9.17) is 11.6 Å². The summed E-state index contributed by atoms with van der Waals surface area (Å²) >= 11 is 6.74. The lowest BCUT2D eigenvalue weighted by atomic mass is 10.2. The molecule has 0 fully saturated rings. The Hall–Kier alpha value is -2.19. The van der Waals surface area contributed by atoms with Crippen molar-refractivity contribution in [2.24, 2.45) is 0 Å². The van der Waals surface area contributed by atoms with E-state index in [0.717, 1.165) is 34.6 Å². The molecule has 3 rings (SSSR count). The fourth-order valence-corrected chi connectivity index (χ4v) is 2.82. The largest absolute Gasteiger partial charge is 0.333 e. The summed E-state index contributed by atoms with van der Waals surface area (Å²) in [6.45, 7) is 1.97. The zero-order chi connectivity index (χ0) is 15.0. The van der Waals surface area contributed by atoms with E-state index in [-0.39, 0.29) is 16.0 Å². The Morgan fingerprint density at radius 1 is 1.38 bits per heavy atom. The smallest absolute Gasteiger partial charge is 0.320 e. The minimum Gasteiger partial charge on any atom is -0.333 e. The highest BCUT2D eigenvalue weighted by Crippen LogP contribution is 2.32. The van der Waals surface area contributed by atoms with E-state index in [9.17, 15) is 10.1 Å². The van der Waals surface area contributed by atoms with E-state index < -0.39 is 4.92 Å². The Morgan fingerprint density at radius 2 is 2.19 bits per heavy atom. The van der Waals surface area contributed by atoms with Gasteiger partial charge in [0.1, 0.15) is 6.20 Å². The summed E-state index contributed by atoms with van der Waals surface area (Å²) in [6, 6.07) is 5.78. The van der Waals surface area contributed by atoms with Crippen LogP contribution in [0.1, 0.15) is 5.56 Å². The van der Waals surface area contributed by atoms with E-state index in [1.807, 2.05) is 25.1 Å². The number of imidazole rings is 1. The maximum atomic E-state index is 11.0. The standard InChI is InChI=1S/C12H8ClN5O2S/c1-6-2-3-7-8(4-6)16-12(15-7)21-10-9(18(19)20)5-14-11(13)17-10/h2-5H,1H3,(H,15,16). The Kier molecular flexibility index (Phi) is 3.48. The van der Waals surface area contributed by atoms with E-state index in [0.29, 0.717) is 5.16 Å². The lowest BCUT2D eigenvalue weighted by Gasteiger charge is -1.99. The quantitative estimate of drug-likeness (QED) is 0.344. The molecule has 0 aliphatic rings. The first-order chi connectivity index (χ1) is 10.0. The molecule has 1 aromatic carbocycles. The van der Waals surface area contributed by atoms with Gasteiger partial charge < -0.3 is 4.98 Å². The zero-order valence-corrected chi connectivity index (χ0v) is 12.3. The molecule has 0 radical (unpaired) electrons. The summed E-state index contributed by atoms with van der Waals surface area (Å²) in [5.41, 5.74) is 2.53. The van der Waals surface area contributed by atoms with Gasteiger partial charge in [0.25, 0.3) is 0 Å². The molecular weight excluding hydrogens is 314 g/mol. The van der Waals surface area contributed by atoms with Gasteiger partial charge in [-0.05, 0) is 48.0 Å². The molecule has 2 aromatic heterocycles. The van der Waals surface area contributed by atoms with Gasteiger partial charge in [-0.15, -0.1) is 0 Å². The average Bonchev–Trinajstić information content (AvgIpc) is 2.79. The number of hydrogen-bond acceptors (Lipinski definition) is 6. The monoisotopic (exact) mass is 321 g/mol. The van der Waals surface area contributed by atoms with Crippen LogP contribution < -0.4 is 0 Å². The second kappa shape index (κ2) is 5.30. The number of rotatable bonds is 3. The lowest BCUT2D eigenvalue weighted by Crippen LogP contribution is -1.96. The molecule has 0 spiro atoms. The molecule has 9 heteroatoms. The van der Waals surface area contributed by atoms with Gasteiger partial charge >= 0.3 is 5.69 Å². The molecule has 0 amide bonds. The van der Waals surface area contributed by atoms with Gasteiger partial charge in [-0.3, -0.25) is 10.1 Å². The minimum absolute atomic E-state index is 0.0462. The van der Waals surface area contributed by atoms with Crippen molar-refractivity contribution in [3.63, 3.8) is 0 Å². The van der Waals surface area contributed by atoms with Crippen LogP contribution in [-0.2, 0) is 0 Å². The number of nitro groups is 1. The number of H-pyrrole nitrogens is 1. The van der Waals surface area contributed by atoms with Crippen molar-refractivity contribution < 1.29 is 4.92 Å². The Morgan fingerprint density at radius 3 is 2.95 bits per heavy atom. The summed E-state index contributed by atoms with van der Waals surface area (Å²) in [6.07, 6.45) is 1.09. The average molecular weight is 322 g/mol. The van der Waals surface area contributed by atoms with Gasteiger partial charge in [-0.25, -0.2) is 15.0 Å². The predicted molar refractivity (Wildman–Crippen MR) is 78.7 cm³/mol. The third kappa shape index (κ3) is 2.81. The van der Waals surface area contributed by atoms with Gasteiger partial charge in [0.05, 0.1) is 16.0 Å². The maximum absolute atomic E-state index is 11.0. The summed E-state index contributed by atoms with van der Waals surface area (Å²) < 4.78 is 0. The molecule has 0 aliphatic heterocycles. The van der Waals surface area contributed by atoms with Crippen LogP contribution in [0, 0.1) is 17.0 Å². The molecule has 0 unspecified atom stereocenters. The summed E-state index contributed by atoms with van der Waals surface area (Å²) in [5, 5.41) is 11.6. The van der Waals surface area contributed by atoms with Crippen molar-refractivity contribution in [3.05, 3.63) is 45.4 Å². The second-order valence-corrected chi connectivity index (χ2v) is 5.57. The zero-order valence-electron chi connectivity index (χ0n) is 10.7. The molecule has 0 saturated carbocycles. The van der Waals surface area contributed by atoms with Crippen LogP contribution in [0.15, 0.2) is 34.6 Å². The van der Waals surface area contributed by atoms with Crippen molar-refractivity contribution in [2.45, 2.75) is 17.1 Å². The first-order valence-corrected chi connectivity index (χ1v) is 7.03. The third-order valence-electron chi connectivity index (χ3n) is 2.71. The SMILES string of the molecule is Cc1ccc2nc(Sc3nc(Cl)ncc3[N+](=O)[O-])[nH]c2c1. The number of aromatic nitrogens is 4. The molecule has 3 aromatic rings. The predicted octanol–water partition coefficient (Wildman–Crippen LogP) is 3.37. The van der Waals surface area contributed by atoms with Crippen molar-refractivity contribution in [3.8, 4) is 0 Å². The summed E-state index contributed by atoms with van der Waals surface area (Å²) in [4.78, 5) is 25.4. The van der Waals surface area contributed by atoms with Gasteiger partial charge in [0.2, 0.25) is 5.28 Å². The van der Waals surface area contributed by atoms with Crippen LogP contribution in [0.2, 0.25) is 5.28 Å². The number of fused-ring (bicyclic) bond motifs is 1. The van der Waals surface area contributed by atoms with Gasteiger partial charge in [-0.1, -0.05) is 6.07 Å². The Labute approximate surface area is 127 Å². The van der Waals surface area contributed by atoms with E-state index in [1.54, 1.807) is 0 Å². The van der Waals surface area contributed by atoms with Crippen LogP contribution in [0.3, 0.4) is 0 Å². The van der Waals surface area contributed by atoms with E-state index in [2.05, 4.69) is 19.9 Å². The van der Waals surface area contributed by atoms with Gasteiger partial charge in [0.15, 0.2) is 10.2 Å². The maximum Gasteiger partial charge on any atom is 0.320 e. The minimum atomic E-state index is -0.550. The number of halogens is 1. The molecule has 2 heterocycles. The lowest BCUT2D eigenvalue weighted by molar-refractivity contribution is -0.388. The van der Waals surface area contributed by atoms with Crippen LogP contribution in [0.5, 0.6) is 0 Å². The number of nitrogens with zero attached hydrogens (tertiary/aromatic N) is 4. The van der Waals surface area contributed by atoms with Crippen molar-refractivity contribution in [1.29, 1.82) is 0 Å². The molecule has 21 heavy (non-hydrogen) atoms. The first-order valence-electron chi connectivity index (χ1n) is 5.84. The highest BCUT2D eigenvalue weighted by molar-refractivity contribution is 7.99. The van der Waals surface area contributed by atoms with Crippen molar-refractivity contribution in [1.82, 2.24) is 19.9 Å². The van der Waals surface area contributed by atoms with Crippen LogP contribution in [0.25, 0.3) is 11.0 Å². The van der Waals surface area contributed by atoms with Crippen LogP contribution in [0.4, 0.5) is 5.69 Å². The second-order valence-electron chi connectivity index (χ2n) is 4.25. The number of nitrogens with one attached hydrogen (secondary N) is 1. The molecule has 7 nitrogen and oxygen atoms in total. The topological polar surface area (TPSA) is 97.6 Å². The fourth-order valence-electron chi connectivity index (χ4n) is 1.78. The summed E-state index contributed by atoms with van der Waals surface area (Å²) in [7, 11) is 0. The molecule has 0 atom stereocenters. The highest BCUT2D eigenvalue weighted by Gasteiger charge is 2.19. The van der Waals surface area contributed by atoms with Crippen LogP contribution >= 0.6 is 23.4 Å². The normalized spacial score (nSPS) is 11.0. The molecular formula is C12H8ClN5O2S. The molecule has 106 valence electrons. The Bertz CT molecular complexity index is 851. The molecule has 1 N–H and O–H groups in total. The highest BCUT2D eigenvalue weighted by atomic mass is 35.5. The summed E-state index contributed by atoms with van der Waals surface area (Å²) in [5.74, 6) is 0. The third-order valence-corrected chi connectivity index (χ3v) is 3.77. The van der Waals surface area contributed by atoms with Crippen LogP contribution in [-0.4, -0.2) is 24.9 Å². The fraction of sp³-hybridized carbons (Fsp3) is 0.0833. The molecule has 0 saturated heterocycles. The Balaban J connectivity index is 2.02. The molecule has 0 aliphatic carbocycles. The number of hydrogen-bond donors (Lipinski definition) is 1. The number of benzene rings is 1.